The SMILES string of the molecule is C=CCN(CCO)Cc1csc(C(C)(C)C)n1. The standard InChI is InChI=1S/C13H22N2OS/c1-5-6-15(7-8-16)9-11-10-17-12(14-11)13(2,3)4/h5,10,16H,1,6-9H2,2-4H3. The molecule has 3 nitrogen and oxygen atoms in total. The second kappa shape index (κ2) is 6.28. The molecular formula is C13H22N2OS. The lowest BCUT2D eigenvalue weighted by Gasteiger charge is -2.18. The lowest BCUT2D eigenvalue weighted by atomic mass is 9.98. The molecule has 1 aromatic heterocycles. The van der Waals surface area contributed by atoms with Crippen LogP contribution in [-0.2, 0) is 12.0 Å². The number of aliphatic hydroxyl groups excluding tert-OH is 1. The van der Waals surface area contributed by atoms with E-state index in [2.05, 4.69) is 42.6 Å². The molecule has 1 aromatic rings. The predicted octanol–water partition coefficient (Wildman–Crippen LogP) is 2.42. The fourth-order valence-corrected chi connectivity index (χ4v) is 2.41. The maximum atomic E-state index is 8.98. The number of rotatable bonds is 6. The minimum atomic E-state index is 0.114. The highest BCUT2D eigenvalue weighted by Gasteiger charge is 2.18. The van der Waals surface area contributed by atoms with Gasteiger partial charge in [-0.2, -0.15) is 0 Å². The third kappa shape index (κ3) is 4.58. The first-order valence-corrected chi connectivity index (χ1v) is 6.74. The molecule has 1 heterocycles. The van der Waals surface area contributed by atoms with E-state index in [1.807, 2.05) is 6.08 Å². The van der Waals surface area contributed by atoms with Gasteiger partial charge >= 0.3 is 0 Å². The van der Waals surface area contributed by atoms with E-state index in [4.69, 9.17) is 5.11 Å². The van der Waals surface area contributed by atoms with Crippen LogP contribution < -0.4 is 0 Å². The summed E-state index contributed by atoms with van der Waals surface area (Å²) >= 11 is 1.71. The van der Waals surface area contributed by atoms with Crippen molar-refractivity contribution in [3.63, 3.8) is 0 Å². The van der Waals surface area contributed by atoms with Crippen molar-refractivity contribution >= 4 is 11.3 Å². The zero-order valence-corrected chi connectivity index (χ0v) is 11.8. The Morgan fingerprint density at radius 2 is 2.24 bits per heavy atom. The van der Waals surface area contributed by atoms with Crippen molar-refractivity contribution in [1.82, 2.24) is 9.88 Å². The van der Waals surface area contributed by atoms with Gasteiger partial charge in [0.05, 0.1) is 17.3 Å². The molecule has 4 heteroatoms. The predicted molar refractivity (Wildman–Crippen MR) is 73.4 cm³/mol. The van der Waals surface area contributed by atoms with Crippen LogP contribution in [-0.4, -0.2) is 34.7 Å². The number of hydrogen-bond acceptors (Lipinski definition) is 4. The minimum absolute atomic E-state index is 0.114. The van der Waals surface area contributed by atoms with Crippen LogP contribution in [0.2, 0.25) is 0 Å². The molecule has 0 aromatic carbocycles. The zero-order chi connectivity index (χ0) is 12.9. The minimum Gasteiger partial charge on any atom is -0.395 e. The van der Waals surface area contributed by atoms with E-state index in [0.29, 0.717) is 6.54 Å². The topological polar surface area (TPSA) is 36.4 Å². The lowest BCUT2D eigenvalue weighted by Crippen LogP contribution is -2.26. The molecule has 1 rings (SSSR count). The maximum absolute atomic E-state index is 8.98. The second-order valence-corrected chi connectivity index (χ2v) is 6.00. The van der Waals surface area contributed by atoms with Gasteiger partial charge in [0.1, 0.15) is 0 Å². The van der Waals surface area contributed by atoms with Crippen molar-refractivity contribution in [2.24, 2.45) is 0 Å². The molecule has 0 amide bonds. The second-order valence-electron chi connectivity index (χ2n) is 5.14. The summed E-state index contributed by atoms with van der Waals surface area (Å²) in [6.07, 6.45) is 1.85. The Hall–Kier alpha value is -0.710. The molecule has 0 aliphatic heterocycles. The van der Waals surface area contributed by atoms with Gasteiger partial charge in [-0.1, -0.05) is 26.8 Å². The number of aromatic nitrogens is 1. The smallest absolute Gasteiger partial charge is 0.0982 e. The number of nitrogens with zero attached hydrogens (tertiary/aromatic N) is 2. The highest BCUT2D eigenvalue weighted by molar-refractivity contribution is 7.09. The van der Waals surface area contributed by atoms with Crippen molar-refractivity contribution in [1.29, 1.82) is 0 Å². The average Bonchev–Trinajstić information content (AvgIpc) is 2.66. The molecule has 0 fully saturated rings. The van der Waals surface area contributed by atoms with Gasteiger partial charge in [0.25, 0.3) is 0 Å². The zero-order valence-electron chi connectivity index (χ0n) is 10.9. The molecule has 0 aliphatic carbocycles. The van der Waals surface area contributed by atoms with Crippen LogP contribution in [0.25, 0.3) is 0 Å². The quantitative estimate of drug-likeness (QED) is 0.792. The van der Waals surface area contributed by atoms with E-state index in [9.17, 15) is 0 Å². The highest BCUT2D eigenvalue weighted by Crippen LogP contribution is 2.25. The molecule has 96 valence electrons. The van der Waals surface area contributed by atoms with Gasteiger partial charge in [-0.3, -0.25) is 4.90 Å². The van der Waals surface area contributed by atoms with Crippen LogP contribution in [0.5, 0.6) is 0 Å². The largest absolute Gasteiger partial charge is 0.395 e. The van der Waals surface area contributed by atoms with Crippen LogP contribution in [0.3, 0.4) is 0 Å². The third-order valence-corrected chi connectivity index (χ3v) is 3.70. The van der Waals surface area contributed by atoms with Gasteiger partial charge in [-0.25, -0.2) is 4.98 Å². The highest BCUT2D eigenvalue weighted by atomic mass is 32.1. The van der Waals surface area contributed by atoms with Gasteiger partial charge in [0, 0.05) is 30.4 Å². The molecule has 0 unspecified atom stereocenters. The number of thiazole rings is 1. The maximum Gasteiger partial charge on any atom is 0.0982 e. The van der Waals surface area contributed by atoms with E-state index in [1.165, 1.54) is 0 Å². The van der Waals surface area contributed by atoms with Crippen LogP contribution in [0.1, 0.15) is 31.5 Å². The van der Waals surface area contributed by atoms with Crippen molar-refractivity contribution < 1.29 is 5.11 Å². The van der Waals surface area contributed by atoms with Gasteiger partial charge in [-0.15, -0.1) is 17.9 Å². The van der Waals surface area contributed by atoms with E-state index in [-0.39, 0.29) is 12.0 Å². The van der Waals surface area contributed by atoms with Crippen LogP contribution >= 0.6 is 11.3 Å². The first-order valence-electron chi connectivity index (χ1n) is 5.86. The Labute approximate surface area is 108 Å². The summed E-state index contributed by atoms with van der Waals surface area (Å²) in [4.78, 5) is 6.78. The molecule has 17 heavy (non-hydrogen) atoms. The van der Waals surface area contributed by atoms with Crippen molar-refractivity contribution in [3.8, 4) is 0 Å². The molecule has 0 bridgehead atoms. The molecular weight excluding hydrogens is 232 g/mol. The Morgan fingerprint density at radius 3 is 2.71 bits per heavy atom. The Bertz CT molecular complexity index is 355. The monoisotopic (exact) mass is 254 g/mol. The molecule has 0 radical (unpaired) electrons. The fraction of sp³-hybridized carbons (Fsp3) is 0.615. The summed E-state index contributed by atoms with van der Waals surface area (Å²) in [6.45, 7) is 12.6. The van der Waals surface area contributed by atoms with Crippen molar-refractivity contribution in [3.05, 3.63) is 28.7 Å². The molecule has 0 aliphatic rings. The first-order chi connectivity index (χ1) is 7.97. The van der Waals surface area contributed by atoms with Gasteiger partial charge in [-0.05, 0) is 0 Å². The summed E-state index contributed by atoms with van der Waals surface area (Å²) in [6, 6.07) is 0. The lowest BCUT2D eigenvalue weighted by molar-refractivity contribution is 0.202. The summed E-state index contributed by atoms with van der Waals surface area (Å²) < 4.78 is 0. The van der Waals surface area contributed by atoms with Gasteiger partial charge in [0.15, 0.2) is 0 Å². The summed E-state index contributed by atoms with van der Waals surface area (Å²) in [5.41, 5.74) is 1.19. The fourth-order valence-electron chi connectivity index (χ4n) is 1.51. The van der Waals surface area contributed by atoms with E-state index < -0.39 is 0 Å². The Kier molecular flexibility index (Phi) is 5.31. The van der Waals surface area contributed by atoms with E-state index >= 15 is 0 Å². The van der Waals surface area contributed by atoms with Crippen LogP contribution in [0, 0.1) is 0 Å². The molecule has 0 spiro atoms. The van der Waals surface area contributed by atoms with E-state index in [1.54, 1.807) is 11.3 Å². The van der Waals surface area contributed by atoms with Crippen molar-refractivity contribution in [2.45, 2.75) is 32.7 Å². The molecule has 1 N–H and O–H groups in total. The Balaban J connectivity index is 2.66. The first kappa shape index (κ1) is 14.4. The van der Waals surface area contributed by atoms with E-state index in [0.717, 1.165) is 23.8 Å². The molecule has 0 atom stereocenters. The molecule has 0 saturated heterocycles. The summed E-state index contributed by atoms with van der Waals surface area (Å²) in [5, 5.41) is 12.2. The normalized spacial score (nSPS) is 12.1. The molecule has 0 saturated carbocycles. The summed E-state index contributed by atoms with van der Waals surface area (Å²) in [5.74, 6) is 0. The Morgan fingerprint density at radius 1 is 1.53 bits per heavy atom. The number of hydrogen-bond donors (Lipinski definition) is 1. The average molecular weight is 254 g/mol. The van der Waals surface area contributed by atoms with Crippen LogP contribution in [0.4, 0.5) is 0 Å². The van der Waals surface area contributed by atoms with Crippen molar-refractivity contribution in [2.75, 3.05) is 19.7 Å². The van der Waals surface area contributed by atoms with Gasteiger partial charge in [0.2, 0.25) is 0 Å². The number of aliphatic hydroxyl groups is 1. The summed E-state index contributed by atoms with van der Waals surface area (Å²) in [7, 11) is 0. The van der Waals surface area contributed by atoms with Gasteiger partial charge < -0.3 is 5.11 Å². The van der Waals surface area contributed by atoms with Crippen LogP contribution in [0.15, 0.2) is 18.0 Å². The third-order valence-electron chi connectivity index (χ3n) is 2.38.